The number of halogens is 2. The third-order valence-corrected chi connectivity index (χ3v) is 5.17. The largest absolute Gasteiger partial charge is 0.489 e. The molecule has 1 heterocycles. The fraction of sp³-hybridized carbons (Fsp3) is 0.120. The van der Waals surface area contributed by atoms with E-state index < -0.39 is 12.6 Å². The van der Waals surface area contributed by atoms with Gasteiger partial charge in [0.25, 0.3) is 0 Å². The summed E-state index contributed by atoms with van der Waals surface area (Å²) in [5, 5.41) is 10.6. The summed E-state index contributed by atoms with van der Waals surface area (Å²) in [6.07, 6.45) is 0. The minimum atomic E-state index is -1.11. The van der Waals surface area contributed by atoms with E-state index in [1.54, 1.807) is 18.2 Å². The van der Waals surface area contributed by atoms with Gasteiger partial charge in [0.1, 0.15) is 30.5 Å². The number of aromatic nitrogens is 1. The van der Waals surface area contributed by atoms with Gasteiger partial charge in [-0.2, -0.15) is 0 Å². The Morgan fingerprint density at radius 2 is 1.61 bits per heavy atom. The van der Waals surface area contributed by atoms with Crippen LogP contribution in [0, 0.1) is 0 Å². The van der Waals surface area contributed by atoms with E-state index in [1.807, 2.05) is 48.5 Å². The number of carboxylic acid groups (broad SMARTS) is 1. The van der Waals surface area contributed by atoms with Gasteiger partial charge in [0.2, 0.25) is 0 Å². The number of hydrogen-bond donors (Lipinski definition) is 1. The van der Waals surface area contributed by atoms with Crippen molar-refractivity contribution in [1.29, 1.82) is 0 Å². The second-order valence-electron chi connectivity index (χ2n) is 7.11. The lowest BCUT2D eigenvalue weighted by Gasteiger charge is -2.14. The molecule has 1 aromatic heterocycles. The minimum Gasteiger partial charge on any atom is -0.489 e. The van der Waals surface area contributed by atoms with Crippen LogP contribution >= 0.6 is 23.2 Å². The summed E-state index contributed by atoms with van der Waals surface area (Å²) in [5.41, 5.74) is 2.26. The standard InChI is InChI=1S/C25H19Cl2NO5/c26-18-10-17(25(22(27)11-18)33-15-24(29)30)13-31-20-5-3-6-21(12-20)32-14-19-9-8-16-4-1-2-7-23(16)28-19/h1-12H,13-15H2,(H,29,30). The Kier molecular flexibility index (Phi) is 7.17. The molecule has 0 aliphatic rings. The zero-order valence-electron chi connectivity index (χ0n) is 17.3. The third kappa shape index (κ3) is 6.06. The van der Waals surface area contributed by atoms with Crippen LogP contribution in [0.5, 0.6) is 17.2 Å². The molecule has 0 saturated carbocycles. The highest BCUT2D eigenvalue weighted by molar-refractivity contribution is 6.35. The normalized spacial score (nSPS) is 10.7. The molecule has 0 aliphatic carbocycles. The smallest absolute Gasteiger partial charge is 0.341 e. The Labute approximate surface area is 200 Å². The Morgan fingerprint density at radius 1 is 0.848 bits per heavy atom. The van der Waals surface area contributed by atoms with Crippen molar-refractivity contribution in [3.63, 3.8) is 0 Å². The van der Waals surface area contributed by atoms with E-state index in [2.05, 4.69) is 4.98 Å². The Hall–Kier alpha value is -3.48. The summed E-state index contributed by atoms with van der Waals surface area (Å²) < 4.78 is 17.1. The molecule has 168 valence electrons. The quantitative estimate of drug-likeness (QED) is 0.307. The first-order valence-electron chi connectivity index (χ1n) is 10.0. The molecule has 0 bridgehead atoms. The van der Waals surface area contributed by atoms with Crippen molar-refractivity contribution >= 4 is 40.1 Å². The van der Waals surface area contributed by atoms with Gasteiger partial charge in [-0.3, -0.25) is 0 Å². The molecule has 6 nitrogen and oxygen atoms in total. The molecular weight excluding hydrogens is 465 g/mol. The molecule has 0 unspecified atom stereocenters. The van der Waals surface area contributed by atoms with E-state index in [1.165, 1.54) is 6.07 Å². The number of carbonyl (C=O) groups is 1. The molecule has 4 aromatic rings. The zero-order valence-corrected chi connectivity index (χ0v) is 18.8. The second kappa shape index (κ2) is 10.4. The highest BCUT2D eigenvalue weighted by atomic mass is 35.5. The van der Waals surface area contributed by atoms with Gasteiger partial charge in [0.05, 0.1) is 16.2 Å². The van der Waals surface area contributed by atoms with E-state index in [-0.39, 0.29) is 17.4 Å². The minimum absolute atomic E-state index is 0.0743. The average Bonchev–Trinajstić information content (AvgIpc) is 2.80. The molecular formula is C25H19Cl2NO5. The fourth-order valence-electron chi connectivity index (χ4n) is 3.18. The number of fused-ring (bicyclic) bond motifs is 1. The SMILES string of the molecule is O=C(O)COc1c(Cl)cc(Cl)cc1COc1cccc(OCc2ccc3ccccc3n2)c1. The molecule has 0 fully saturated rings. The molecule has 0 atom stereocenters. The van der Waals surface area contributed by atoms with Crippen LogP contribution in [0.4, 0.5) is 0 Å². The molecule has 8 heteroatoms. The van der Waals surface area contributed by atoms with E-state index >= 15 is 0 Å². The Balaban J connectivity index is 1.42. The van der Waals surface area contributed by atoms with Gasteiger partial charge in [0.15, 0.2) is 6.61 Å². The van der Waals surface area contributed by atoms with Crippen LogP contribution in [0.2, 0.25) is 10.0 Å². The van der Waals surface area contributed by atoms with Crippen molar-refractivity contribution in [1.82, 2.24) is 4.98 Å². The fourth-order valence-corrected chi connectivity index (χ4v) is 3.77. The van der Waals surface area contributed by atoms with Crippen LogP contribution in [0.1, 0.15) is 11.3 Å². The number of benzene rings is 3. The first kappa shape index (κ1) is 22.7. The summed E-state index contributed by atoms with van der Waals surface area (Å²) in [7, 11) is 0. The monoisotopic (exact) mass is 483 g/mol. The Bertz CT molecular complexity index is 1300. The van der Waals surface area contributed by atoms with Gasteiger partial charge in [-0.15, -0.1) is 0 Å². The second-order valence-corrected chi connectivity index (χ2v) is 7.95. The summed E-state index contributed by atoms with van der Waals surface area (Å²) >= 11 is 12.3. The van der Waals surface area contributed by atoms with Crippen LogP contribution in [-0.4, -0.2) is 22.7 Å². The van der Waals surface area contributed by atoms with Crippen molar-refractivity contribution in [2.24, 2.45) is 0 Å². The van der Waals surface area contributed by atoms with Gasteiger partial charge in [-0.05, 0) is 36.4 Å². The van der Waals surface area contributed by atoms with E-state index in [0.29, 0.717) is 28.7 Å². The number of ether oxygens (including phenoxy) is 3. The summed E-state index contributed by atoms with van der Waals surface area (Å²) in [6.45, 7) is -0.142. The predicted octanol–water partition coefficient (Wildman–Crippen LogP) is 6.16. The van der Waals surface area contributed by atoms with E-state index in [9.17, 15) is 4.79 Å². The van der Waals surface area contributed by atoms with Crippen LogP contribution in [0.25, 0.3) is 10.9 Å². The van der Waals surface area contributed by atoms with Crippen LogP contribution < -0.4 is 14.2 Å². The van der Waals surface area contributed by atoms with Crippen LogP contribution in [0.15, 0.2) is 72.8 Å². The first-order chi connectivity index (χ1) is 16.0. The molecule has 3 aromatic carbocycles. The van der Waals surface area contributed by atoms with Crippen molar-refractivity contribution < 1.29 is 24.1 Å². The number of nitrogens with zero attached hydrogens (tertiary/aromatic N) is 1. The van der Waals surface area contributed by atoms with Crippen LogP contribution in [-0.2, 0) is 18.0 Å². The van der Waals surface area contributed by atoms with E-state index in [4.69, 9.17) is 42.5 Å². The zero-order chi connectivity index (χ0) is 23.2. The number of carboxylic acids is 1. The third-order valence-electron chi connectivity index (χ3n) is 4.67. The maximum Gasteiger partial charge on any atom is 0.341 e. The number of para-hydroxylation sites is 1. The number of aliphatic carboxylic acids is 1. The lowest BCUT2D eigenvalue weighted by atomic mass is 10.2. The maximum absolute atomic E-state index is 10.9. The van der Waals surface area contributed by atoms with Gasteiger partial charge in [-0.1, -0.05) is 53.5 Å². The molecule has 1 N–H and O–H groups in total. The lowest BCUT2D eigenvalue weighted by molar-refractivity contribution is -0.139. The van der Waals surface area contributed by atoms with Gasteiger partial charge < -0.3 is 19.3 Å². The highest BCUT2D eigenvalue weighted by Gasteiger charge is 2.13. The van der Waals surface area contributed by atoms with Gasteiger partial charge in [-0.25, -0.2) is 9.78 Å². The average molecular weight is 484 g/mol. The van der Waals surface area contributed by atoms with Crippen LogP contribution in [0.3, 0.4) is 0 Å². The number of rotatable bonds is 9. The maximum atomic E-state index is 10.9. The topological polar surface area (TPSA) is 77.9 Å². The van der Waals surface area contributed by atoms with Crippen molar-refractivity contribution in [2.45, 2.75) is 13.2 Å². The molecule has 0 radical (unpaired) electrons. The molecule has 0 aliphatic heterocycles. The summed E-state index contributed by atoms with van der Waals surface area (Å²) in [5.74, 6) is 0.282. The first-order valence-corrected chi connectivity index (χ1v) is 10.8. The number of pyridine rings is 1. The van der Waals surface area contributed by atoms with Crippen molar-refractivity contribution in [3.8, 4) is 17.2 Å². The highest BCUT2D eigenvalue weighted by Crippen LogP contribution is 2.33. The molecule has 0 saturated heterocycles. The Morgan fingerprint density at radius 3 is 2.39 bits per heavy atom. The molecule has 0 amide bonds. The lowest BCUT2D eigenvalue weighted by Crippen LogP contribution is -2.11. The molecule has 4 rings (SSSR count). The van der Waals surface area contributed by atoms with E-state index in [0.717, 1.165) is 16.6 Å². The molecule has 0 spiro atoms. The molecule has 33 heavy (non-hydrogen) atoms. The van der Waals surface area contributed by atoms with Gasteiger partial charge >= 0.3 is 5.97 Å². The summed E-state index contributed by atoms with van der Waals surface area (Å²) in [6, 6.07) is 22.1. The van der Waals surface area contributed by atoms with Crippen molar-refractivity contribution in [2.75, 3.05) is 6.61 Å². The predicted molar refractivity (Wildman–Crippen MR) is 126 cm³/mol. The van der Waals surface area contributed by atoms with Crippen molar-refractivity contribution in [3.05, 3.63) is 94.1 Å². The van der Waals surface area contributed by atoms with Gasteiger partial charge in [0, 0.05) is 22.0 Å². The number of hydrogen-bond acceptors (Lipinski definition) is 5. The summed E-state index contributed by atoms with van der Waals surface area (Å²) in [4.78, 5) is 15.5.